The molecular weight excluding hydrogens is 242 g/mol. The molecule has 1 saturated heterocycles. The van der Waals surface area contributed by atoms with Gasteiger partial charge in [0, 0.05) is 31.7 Å². The summed E-state index contributed by atoms with van der Waals surface area (Å²) in [6.45, 7) is 1.89. The number of carboxylic acids is 1. The third-order valence-electron chi connectivity index (χ3n) is 2.85. The first-order valence-electron chi connectivity index (χ1n) is 5.50. The molecule has 1 aromatic heterocycles. The van der Waals surface area contributed by atoms with Crippen LogP contribution in [0.4, 0.5) is 5.13 Å². The van der Waals surface area contributed by atoms with E-state index in [1.807, 2.05) is 0 Å². The molecule has 2 rings (SSSR count). The van der Waals surface area contributed by atoms with Crippen molar-refractivity contribution in [2.45, 2.75) is 19.4 Å². The number of hydrogen-bond donors (Lipinski definition) is 1. The molecule has 1 aliphatic rings. The number of carbonyl (C=O) groups is 1. The van der Waals surface area contributed by atoms with Crippen LogP contribution in [0, 0.1) is 5.92 Å². The van der Waals surface area contributed by atoms with Crippen LogP contribution < -0.4 is 4.90 Å². The Balaban J connectivity index is 1.93. The number of ether oxygens (including phenoxy) is 1. The number of aliphatic carboxylic acids is 1. The van der Waals surface area contributed by atoms with E-state index >= 15 is 0 Å². The lowest BCUT2D eigenvalue weighted by Gasteiger charge is -2.29. The summed E-state index contributed by atoms with van der Waals surface area (Å²) in [6, 6.07) is 0. The summed E-state index contributed by atoms with van der Waals surface area (Å²) in [5.74, 6) is -0.215. The average Bonchev–Trinajstić information content (AvgIpc) is 2.78. The Hall–Kier alpha value is -1.21. The van der Waals surface area contributed by atoms with Crippen LogP contribution in [-0.2, 0) is 16.1 Å². The van der Waals surface area contributed by atoms with Crippen molar-refractivity contribution in [3.63, 3.8) is 0 Å². The van der Waals surface area contributed by atoms with Crippen LogP contribution in [0.5, 0.6) is 0 Å². The highest BCUT2D eigenvalue weighted by atomic mass is 32.1. The normalized spacial score (nSPS) is 17.4. The number of anilines is 1. The van der Waals surface area contributed by atoms with Gasteiger partial charge in [-0.25, -0.2) is 4.98 Å². The highest BCUT2D eigenvalue weighted by Crippen LogP contribution is 2.24. The van der Waals surface area contributed by atoms with Gasteiger partial charge in [0.15, 0.2) is 5.82 Å². The first-order chi connectivity index (χ1) is 8.20. The second kappa shape index (κ2) is 5.42. The van der Waals surface area contributed by atoms with E-state index in [2.05, 4.69) is 14.3 Å². The van der Waals surface area contributed by atoms with E-state index in [1.165, 1.54) is 11.5 Å². The summed E-state index contributed by atoms with van der Waals surface area (Å²) in [6.07, 6.45) is 1.35. The minimum Gasteiger partial charge on any atom is -0.481 e. The fourth-order valence-corrected chi connectivity index (χ4v) is 2.60. The zero-order chi connectivity index (χ0) is 12.3. The molecule has 0 amide bonds. The molecule has 1 N–H and O–H groups in total. The van der Waals surface area contributed by atoms with E-state index in [9.17, 15) is 4.79 Å². The number of rotatable bonds is 4. The summed E-state index contributed by atoms with van der Waals surface area (Å²) in [5, 5.41) is 9.77. The summed E-state index contributed by atoms with van der Waals surface area (Å²) >= 11 is 1.34. The Morgan fingerprint density at radius 2 is 2.29 bits per heavy atom. The molecule has 2 heterocycles. The number of nitrogens with zero attached hydrogens (tertiary/aromatic N) is 3. The Morgan fingerprint density at radius 3 is 2.88 bits per heavy atom. The smallest absolute Gasteiger partial charge is 0.306 e. The second-order valence-corrected chi connectivity index (χ2v) is 4.76. The van der Waals surface area contributed by atoms with E-state index in [0.29, 0.717) is 25.3 Å². The molecule has 0 unspecified atom stereocenters. The van der Waals surface area contributed by atoms with Crippen LogP contribution >= 0.6 is 11.5 Å². The molecule has 1 aromatic rings. The topological polar surface area (TPSA) is 75.5 Å². The van der Waals surface area contributed by atoms with Crippen LogP contribution in [0.2, 0.25) is 0 Å². The Labute approximate surface area is 103 Å². The van der Waals surface area contributed by atoms with Gasteiger partial charge in [0.2, 0.25) is 5.13 Å². The highest BCUT2D eigenvalue weighted by molar-refractivity contribution is 7.09. The largest absolute Gasteiger partial charge is 0.481 e. The SMILES string of the molecule is COCc1nsc(N2CCC(C(=O)O)CC2)n1. The summed E-state index contributed by atoms with van der Waals surface area (Å²) in [5.41, 5.74) is 0. The molecule has 94 valence electrons. The Morgan fingerprint density at radius 1 is 1.59 bits per heavy atom. The lowest BCUT2D eigenvalue weighted by atomic mass is 9.98. The van der Waals surface area contributed by atoms with Crippen molar-refractivity contribution in [1.29, 1.82) is 0 Å². The van der Waals surface area contributed by atoms with Crippen LogP contribution in [0.1, 0.15) is 18.7 Å². The highest BCUT2D eigenvalue weighted by Gasteiger charge is 2.26. The van der Waals surface area contributed by atoms with Gasteiger partial charge in [-0.2, -0.15) is 4.37 Å². The van der Waals surface area contributed by atoms with Crippen LogP contribution in [-0.4, -0.2) is 40.6 Å². The predicted molar refractivity (Wildman–Crippen MR) is 63.2 cm³/mol. The lowest BCUT2D eigenvalue weighted by molar-refractivity contribution is -0.142. The summed E-state index contributed by atoms with van der Waals surface area (Å²) < 4.78 is 9.15. The molecule has 0 saturated carbocycles. The Kier molecular flexibility index (Phi) is 3.90. The molecule has 1 aliphatic heterocycles. The van der Waals surface area contributed by atoms with E-state index in [0.717, 1.165) is 18.2 Å². The van der Waals surface area contributed by atoms with Crippen molar-refractivity contribution in [3.8, 4) is 0 Å². The molecular formula is C10H15N3O3S. The number of carboxylic acid groups (broad SMARTS) is 1. The number of hydrogen-bond acceptors (Lipinski definition) is 6. The van der Waals surface area contributed by atoms with Gasteiger partial charge in [-0.3, -0.25) is 4.79 Å². The molecule has 0 atom stereocenters. The molecule has 0 bridgehead atoms. The molecule has 6 nitrogen and oxygen atoms in total. The second-order valence-electron chi connectivity index (χ2n) is 4.03. The average molecular weight is 257 g/mol. The van der Waals surface area contributed by atoms with Crippen LogP contribution in [0.3, 0.4) is 0 Å². The monoisotopic (exact) mass is 257 g/mol. The number of piperidine rings is 1. The predicted octanol–water partition coefficient (Wildman–Crippen LogP) is 0.986. The maximum Gasteiger partial charge on any atom is 0.306 e. The molecule has 0 aromatic carbocycles. The van der Waals surface area contributed by atoms with E-state index in [-0.39, 0.29) is 5.92 Å². The standard InChI is InChI=1S/C10H15N3O3S/c1-16-6-8-11-10(17-12-8)13-4-2-7(3-5-13)9(14)15/h7H,2-6H2,1H3,(H,14,15). The van der Waals surface area contributed by atoms with Crippen LogP contribution in [0.25, 0.3) is 0 Å². The van der Waals surface area contributed by atoms with E-state index in [1.54, 1.807) is 7.11 Å². The van der Waals surface area contributed by atoms with Gasteiger partial charge in [0.05, 0.1) is 5.92 Å². The van der Waals surface area contributed by atoms with Gasteiger partial charge >= 0.3 is 5.97 Å². The molecule has 7 heteroatoms. The maximum absolute atomic E-state index is 10.8. The molecule has 0 aliphatic carbocycles. The van der Waals surface area contributed by atoms with Crippen molar-refractivity contribution < 1.29 is 14.6 Å². The van der Waals surface area contributed by atoms with E-state index < -0.39 is 5.97 Å². The fraction of sp³-hybridized carbons (Fsp3) is 0.700. The quantitative estimate of drug-likeness (QED) is 0.866. The molecule has 0 radical (unpaired) electrons. The zero-order valence-corrected chi connectivity index (χ0v) is 10.4. The minimum absolute atomic E-state index is 0.211. The fourth-order valence-electron chi connectivity index (χ4n) is 1.88. The van der Waals surface area contributed by atoms with Crippen molar-refractivity contribution in [3.05, 3.63) is 5.82 Å². The Bertz CT molecular complexity index is 388. The van der Waals surface area contributed by atoms with Crippen molar-refractivity contribution in [1.82, 2.24) is 9.36 Å². The number of methoxy groups -OCH3 is 1. The molecule has 1 fully saturated rings. The maximum atomic E-state index is 10.8. The first kappa shape index (κ1) is 12.3. The van der Waals surface area contributed by atoms with Gasteiger partial charge in [0.1, 0.15) is 6.61 Å². The van der Waals surface area contributed by atoms with Gasteiger partial charge < -0.3 is 14.7 Å². The summed E-state index contributed by atoms with van der Waals surface area (Å²) in [4.78, 5) is 17.3. The van der Waals surface area contributed by atoms with Crippen LogP contribution in [0.15, 0.2) is 0 Å². The molecule has 0 spiro atoms. The third kappa shape index (κ3) is 2.92. The van der Waals surface area contributed by atoms with Gasteiger partial charge in [-0.1, -0.05) is 0 Å². The third-order valence-corrected chi connectivity index (χ3v) is 3.66. The molecule has 17 heavy (non-hydrogen) atoms. The minimum atomic E-state index is -0.693. The summed E-state index contributed by atoms with van der Waals surface area (Å²) in [7, 11) is 1.61. The van der Waals surface area contributed by atoms with Crippen molar-refractivity contribution in [2.75, 3.05) is 25.1 Å². The first-order valence-corrected chi connectivity index (χ1v) is 6.27. The van der Waals surface area contributed by atoms with Crippen molar-refractivity contribution in [2.24, 2.45) is 5.92 Å². The van der Waals surface area contributed by atoms with Gasteiger partial charge in [-0.15, -0.1) is 0 Å². The zero-order valence-electron chi connectivity index (χ0n) is 9.63. The van der Waals surface area contributed by atoms with Crippen molar-refractivity contribution >= 4 is 22.6 Å². The lowest BCUT2D eigenvalue weighted by Crippen LogP contribution is -2.36. The number of aromatic nitrogens is 2. The van der Waals surface area contributed by atoms with Gasteiger partial charge in [-0.05, 0) is 12.8 Å². The van der Waals surface area contributed by atoms with E-state index in [4.69, 9.17) is 9.84 Å². The van der Waals surface area contributed by atoms with Gasteiger partial charge in [0.25, 0.3) is 0 Å².